The van der Waals surface area contributed by atoms with E-state index in [1.807, 2.05) is 6.08 Å². The summed E-state index contributed by atoms with van der Waals surface area (Å²) in [5, 5.41) is 0. The van der Waals surface area contributed by atoms with Crippen LogP contribution in [-0.4, -0.2) is 25.0 Å². The number of nitrogens with zero attached hydrogens (tertiary/aromatic N) is 1. The first-order valence-electron chi connectivity index (χ1n) is 10.8. The van der Waals surface area contributed by atoms with E-state index in [1.165, 1.54) is 44.5 Å². The highest BCUT2D eigenvalue weighted by molar-refractivity contribution is 5.61. The van der Waals surface area contributed by atoms with Crippen molar-refractivity contribution in [2.45, 2.75) is 65.7 Å². The van der Waals surface area contributed by atoms with Crippen LogP contribution in [0.5, 0.6) is 0 Å². The average Bonchev–Trinajstić information content (AvgIpc) is 2.59. The van der Waals surface area contributed by atoms with Crippen LogP contribution in [0.2, 0.25) is 0 Å². The van der Waals surface area contributed by atoms with Gasteiger partial charge in [0, 0.05) is 5.70 Å². The molecule has 1 saturated heterocycles. The van der Waals surface area contributed by atoms with Gasteiger partial charge < -0.3 is 10.6 Å². The van der Waals surface area contributed by atoms with Gasteiger partial charge in [0.15, 0.2) is 0 Å². The number of piperidine rings is 1. The predicted octanol–water partition coefficient (Wildman–Crippen LogP) is 6.56. The maximum Gasteiger partial charge on any atom is 0.135 e. The van der Waals surface area contributed by atoms with Crippen molar-refractivity contribution in [3.63, 3.8) is 0 Å². The Labute approximate surface area is 176 Å². The van der Waals surface area contributed by atoms with E-state index in [2.05, 4.69) is 45.9 Å². The minimum atomic E-state index is -0.613. The fourth-order valence-corrected chi connectivity index (χ4v) is 3.62. The van der Waals surface area contributed by atoms with E-state index in [9.17, 15) is 8.78 Å². The lowest BCUT2D eigenvalue weighted by Crippen LogP contribution is -2.30. The van der Waals surface area contributed by atoms with Gasteiger partial charge in [-0.3, -0.25) is 0 Å². The summed E-state index contributed by atoms with van der Waals surface area (Å²) < 4.78 is 27.6. The van der Waals surface area contributed by atoms with E-state index >= 15 is 0 Å². The molecule has 0 bridgehead atoms. The largest absolute Gasteiger partial charge is 0.399 e. The Hall–Kier alpha value is -1.68. The quantitative estimate of drug-likeness (QED) is 0.410. The molecule has 164 valence electrons. The molecule has 0 radical (unpaired) electrons. The molecule has 29 heavy (non-hydrogen) atoms. The number of halogens is 2. The normalized spacial score (nSPS) is 15.5. The fourth-order valence-electron chi connectivity index (χ4n) is 3.62. The topological polar surface area (TPSA) is 29.3 Å². The molecule has 4 heteroatoms. The summed E-state index contributed by atoms with van der Waals surface area (Å²) >= 11 is 0. The summed E-state index contributed by atoms with van der Waals surface area (Å²) in [6, 6.07) is 2.76. The van der Waals surface area contributed by atoms with Gasteiger partial charge in [0.1, 0.15) is 11.6 Å². The number of hydrogen-bond donors (Lipinski definition) is 1. The highest BCUT2D eigenvalue weighted by Crippen LogP contribution is 2.24. The second-order valence-electron chi connectivity index (χ2n) is 9.51. The molecule has 0 aliphatic carbocycles. The van der Waals surface area contributed by atoms with E-state index < -0.39 is 11.6 Å². The number of hydrogen-bond acceptors (Lipinski definition) is 2. The first kappa shape index (κ1) is 25.4. The standard InChI is InChI=1S/C18H26F2N2.C7H14/c1-13(21)18-16(19)11-15(12-17(18)20)6-4-3-5-14-7-9-22(2)10-8-14;1-5-6-7(2,3)4/h11-12,14H,1,3-10,21H2,2H3;5H,1,6H2,2-4H3. The zero-order chi connectivity index (χ0) is 22.0. The molecule has 1 fully saturated rings. The molecule has 0 unspecified atom stereocenters. The molecule has 1 aliphatic rings. The summed E-state index contributed by atoms with van der Waals surface area (Å²) in [4.78, 5) is 2.37. The van der Waals surface area contributed by atoms with Crippen LogP contribution in [0.15, 0.2) is 31.4 Å². The van der Waals surface area contributed by atoms with Crippen molar-refractivity contribution < 1.29 is 8.78 Å². The van der Waals surface area contributed by atoms with Crippen molar-refractivity contribution in [1.82, 2.24) is 4.90 Å². The van der Waals surface area contributed by atoms with Crippen LogP contribution in [0, 0.1) is 23.0 Å². The maximum absolute atomic E-state index is 13.8. The van der Waals surface area contributed by atoms with Gasteiger partial charge in [-0.05, 0) is 81.3 Å². The SMILES string of the molecule is C=C(N)c1c(F)cc(CCCCC2CCN(C)CC2)cc1F.C=CCC(C)(C)C. The molecule has 0 atom stereocenters. The first-order valence-corrected chi connectivity index (χ1v) is 10.8. The highest BCUT2D eigenvalue weighted by Gasteiger charge is 2.16. The molecule has 2 rings (SSSR count). The number of aryl methyl sites for hydroxylation is 1. The second-order valence-corrected chi connectivity index (χ2v) is 9.51. The smallest absolute Gasteiger partial charge is 0.135 e. The third-order valence-electron chi connectivity index (χ3n) is 5.35. The summed E-state index contributed by atoms with van der Waals surface area (Å²) in [5.41, 5.74) is 6.27. The van der Waals surface area contributed by atoms with Gasteiger partial charge in [-0.15, -0.1) is 6.58 Å². The van der Waals surface area contributed by atoms with E-state index in [1.54, 1.807) is 0 Å². The number of unbranched alkanes of at least 4 members (excludes halogenated alkanes) is 1. The molecule has 0 amide bonds. The van der Waals surface area contributed by atoms with Crippen LogP contribution in [0.1, 0.15) is 70.4 Å². The summed E-state index contributed by atoms with van der Waals surface area (Å²) in [6.45, 7) is 16.0. The zero-order valence-corrected chi connectivity index (χ0v) is 18.9. The van der Waals surface area contributed by atoms with Crippen molar-refractivity contribution in [1.29, 1.82) is 0 Å². The lowest BCUT2D eigenvalue weighted by molar-refractivity contribution is 0.210. The minimum absolute atomic E-state index is 0.0659. The number of rotatable bonds is 7. The van der Waals surface area contributed by atoms with Crippen LogP contribution < -0.4 is 5.73 Å². The van der Waals surface area contributed by atoms with Crippen molar-refractivity contribution in [3.05, 3.63) is 54.1 Å². The van der Waals surface area contributed by atoms with Crippen LogP contribution >= 0.6 is 0 Å². The minimum Gasteiger partial charge on any atom is -0.399 e. The number of allylic oxidation sites excluding steroid dienone is 1. The molecule has 1 aliphatic heterocycles. The van der Waals surface area contributed by atoms with Gasteiger partial charge in [0.2, 0.25) is 0 Å². The Kier molecular flexibility index (Phi) is 10.6. The molecule has 1 aromatic rings. The van der Waals surface area contributed by atoms with Gasteiger partial charge in [-0.25, -0.2) is 8.78 Å². The van der Waals surface area contributed by atoms with Crippen molar-refractivity contribution in [2.24, 2.45) is 17.1 Å². The molecule has 1 aromatic carbocycles. The Morgan fingerprint density at radius 1 is 1.17 bits per heavy atom. The van der Waals surface area contributed by atoms with Gasteiger partial charge in [0.25, 0.3) is 0 Å². The fraction of sp³-hybridized carbons (Fsp3) is 0.600. The lowest BCUT2D eigenvalue weighted by atomic mass is 9.91. The van der Waals surface area contributed by atoms with Crippen LogP contribution in [-0.2, 0) is 6.42 Å². The molecule has 1 heterocycles. The molecule has 0 aromatic heterocycles. The van der Waals surface area contributed by atoms with Crippen LogP contribution in [0.4, 0.5) is 8.78 Å². The summed E-state index contributed by atoms with van der Waals surface area (Å²) in [7, 11) is 2.17. The summed E-state index contributed by atoms with van der Waals surface area (Å²) in [5.74, 6) is -0.414. The monoisotopic (exact) mass is 406 g/mol. The third kappa shape index (κ3) is 10.1. The van der Waals surface area contributed by atoms with Gasteiger partial charge in [0.05, 0.1) is 5.56 Å². The van der Waals surface area contributed by atoms with E-state index in [-0.39, 0.29) is 11.3 Å². The number of nitrogens with two attached hydrogens (primary N) is 1. The summed E-state index contributed by atoms with van der Waals surface area (Å²) in [6.07, 6.45) is 9.61. The van der Waals surface area contributed by atoms with Crippen LogP contribution in [0.3, 0.4) is 0 Å². The zero-order valence-electron chi connectivity index (χ0n) is 18.9. The van der Waals surface area contributed by atoms with Gasteiger partial charge in [-0.1, -0.05) is 46.3 Å². The van der Waals surface area contributed by atoms with Gasteiger partial charge >= 0.3 is 0 Å². The Bertz CT molecular complexity index is 630. The Morgan fingerprint density at radius 3 is 2.14 bits per heavy atom. The molecule has 0 saturated carbocycles. The average molecular weight is 407 g/mol. The van der Waals surface area contributed by atoms with Crippen molar-refractivity contribution >= 4 is 5.70 Å². The highest BCUT2D eigenvalue weighted by atomic mass is 19.1. The van der Waals surface area contributed by atoms with E-state index in [0.29, 0.717) is 17.4 Å². The van der Waals surface area contributed by atoms with E-state index in [0.717, 1.165) is 25.2 Å². The van der Waals surface area contributed by atoms with Crippen molar-refractivity contribution in [3.8, 4) is 0 Å². The van der Waals surface area contributed by atoms with Gasteiger partial charge in [-0.2, -0.15) is 0 Å². The number of likely N-dealkylation sites (tertiary alicyclic amines) is 1. The molecular weight excluding hydrogens is 366 g/mol. The molecular formula is C25H40F2N2. The first-order chi connectivity index (χ1) is 13.5. The molecule has 2 N–H and O–H groups in total. The number of benzene rings is 1. The van der Waals surface area contributed by atoms with Crippen LogP contribution in [0.25, 0.3) is 5.70 Å². The second kappa shape index (κ2) is 12.1. The Morgan fingerprint density at radius 2 is 1.72 bits per heavy atom. The Balaban J connectivity index is 0.000000516. The molecule has 0 spiro atoms. The maximum atomic E-state index is 13.8. The third-order valence-corrected chi connectivity index (χ3v) is 5.35. The molecule has 2 nitrogen and oxygen atoms in total. The lowest BCUT2D eigenvalue weighted by Gasteiger charge is -2.28. The van der Waals surface area contributed by atoms with Crippen molar-refractivity contribution in [2.75, 3.05) is 20.1 Å². The predicted molar refractivity (Wildman–Crippen MR) is 122 cm³/mol. The van der Waals surface area contributed by atoms with E-state index in [4.69, 9.17) is 5.73 Å².